The SMILES string of the molecule is COC(=O)C1=C(C(=O)OC)N(c2ccccc2OS(=O)(=O)c2ccc(C)cc2)C=CC=C1. The molecule has 0 saturated heterocycles. The number of hydrogen-bond donors (Lipinski definition) is 0. The van der Waals surface area contributed by atoms with Gasteiger partial charge in [-0.2, -0.15) is 8.42 Å². The quantitative estimate of drug-likeness (QED) is 0.484. The predicted molar refractivity (Wildman–Crippen MR) is 117 cm³/mol. The molecule has 8 nitrogen and oxygen atoms in total. The van der Waals surface area contributed by atoms with Crippen molar-refractivity contribution in [2.75, 3.05) is 19.1 Å². The van der Waals surface area contributed by atoms with Crippen molar-refractivity contribution < 1.29 is 31.7 Å². The van der Waals surface area contributed by atoms with Crippen LogP contribution in [0, 0.1) is 6.92 Å². The minimum absolute atomic E-state index is 0.0232. The molecule has 1 aliphatic heterocycles. The van der Waals surface area contributed by atoms with Crippen LogP contribution in [0.5, 0.6) is 5.75 Å². The van der Waals surface area contributed by atoms with Crippen molar-refractivity contribution in [3.63, 3.8) is 0 Å². The third-order valence-corrected chi connectivity index (χ3v) is 5.77. The van der Waals surface area contributed by atoms with E-state index in [0.29, 0.717) is 0 Å². The van der Waals surface area contributed by atoms with Gasteiger partial charge in [0.2, 0.25) is 0 Å². The molecule has 2 aromatic carbocycles. The molecule has 3 rings (SSSR count). The van der Waals surface area contributed by atoms with Crippen LogP contribution in [0.2, 0.25) is 0 Å². The predicted octanol–water partition coefficient (Wildman–Crippen LogP) is 3.25. The fraction of sp³-hybridized carbons (Fsp3) is 0.130. The first-order valence-corrected chi connectivity index (χ1v) is 10.8. The van der Waals surface area contributed by atoms with Crippen molar-refractivity contribution in [1.29, 1.82) is 0 Å². The summed E-state index contributed by atoms with van der Waals surface area (Å²) in [6.07, 6.45) is 6.01. The van der Waals surface area contributed by atoms with E-state index in [1.165, 1.54) is 49.6 Å². The number of anilines is 1. The summed E-state index contributed by atoms with van der Waals surface area (Å²) in [4.78, 5) is 26.3. The Labute approximate surface area is 186 Å². The molecule has 0 saturated carbocycles. The van der Waals surface area contributed by atoms with Gasteiger partial charge in [-0.25, -0.2) is 9.59 Å². The number of carbonyl (C=O) groups is 2. The van der Waals surface area contributed by atoms with Crippen LogP contribution in [0.3, 0.4) is 0 Å². The maximum atomic E-state index is 12.9. The second-order valence-electron chi connectivity index (χ2n) is 6.63. The molecule has 2 aromatic rings. The van der Waals surface area contributed by atoms with E-state index in [0.717, 1.165) is 5.56 Å². The fourth-order valence-corrected chi connectivity index (χ4v) is 3.89. The molecule has 0 amide bonds. The van der Waals surface area contributed by atoms with Gasteiger partial charge in [0.05, 0.1) is 25.5 Å². The lowest BCUT2D eigenvalue weighted by Crippen LogP contribution is -2.27. The Bertz CT molecular complexity index is 1230. The van der Waals surface area contributed by atoms with E-state index in [4.69, 9.17) is 13.7 Å². The Morgan fingerprint density at radius 3 is 2.19 bits per heavy atom. The highest BCUT2D eigenvalue weighted by atomic mass is 32.2. The van der Waals surface area contributed by atoms with E-state index in [1.807, 2.05) is 6.92 Å². The molecule has 0 unspecified atom stereocenters. The molecule has 9 heteroatoms. The molecule has 0 atom stereocenters. The van der Waals surface area contributed by atoms with E-state index < -0.39 is 22.1 Å². The molecule has 0 aliphatic carbocycles. The molecular weight excluding hydrogens is 434 g/mol. The summed E-state index contributed by atoms with van der Waals surface area (Å²) in [5, 5.41) is 0. The molecule has 0 aromatic heterocycles. The zero-order valence-electron chi connectivity index (χ0n) is 17.6. The highest BCUT2D eigenvalue weighted by Crippen LogP contribution is 2.35. The van der Waals surface area contributed by atoms with Gasteiger partial charge < -0.3 is 18.6 Å². The first-order chi connectivity index (χ1) is 15.3. The van der Waals surface area contributed by atoms with Gasteiger partial charge in [0.25, 0.3) is 0 Å². The Hall–Kier alpha value is -3.85. The van der Waals surface area contributed by atoms with Crippen LogP contribution in [-0.4, -0.2) is 34.6 Å². The normalized spacial score (nSPS) is 13.5. The summed E-state index contributed by atoms with van der Waals surface area (Å²) in [6, 6.07) is 12.4. The average Bonchev–Trinajstić information content (AvgIpc) is 3.01. The highest BCUT2D eigenvalue weighted by Gasteiger charge is 2.30. The Kier molecular flexibility index (Phi) is 6.79. The van der Waals surface area contributed by atoms with Crippen molar-refractivity contribution in [3.8, 4) is 5.75 Å². The lowest BCUT2D eigenvalue weighted by Gasteiger charge is -2.24. The van der Waals surface area contributed by atoms with E-state index in [9.17, 15) is 18.0 Å². The van der Waals surface area contributed by atoms with Gasteiger partial charge in [-0.05, 0) is 43.3 Å². The number of aryl methyl sites for hydroxylation is 1. The number of hydrogen-bond acceptors (Lipinski definition) is 8. The van der Waals surface area contributed by atoms with Crippen LogP contribution in [-0.2, 0) is 29.2 Å². The maximum absolute atomic E-state index is 12.9. The summed E-state index contributed by atoms with van der Waals surface area (Å²) in [7, 11) is -1.81. The lowest BCUT2D eigenvalue weighted by atomic mass is 10.1. The number of esters is 2. The Morgan fingerprint density at radius 1 is 0.875 bits per heavy atom. The van der Waals surface area contributed by atoms with Crippen molar-refractivity contribution in [2.45, 2.75) is 11.8 Å². The summed E-state index contributed by atoms with van der Waals surface area (Å²) in [5.74, 6) is -1.64. The number of carbonyl (C=O) groups excluding carboxylic acids is 2. The monoisotopic (exact) mass is 455 g/mol. The summed E-state index contributed by atoms with van der Waals surface area (Å²) in [6.45, 7) is 1.84. The molecule has 0 N–H and O–H groups in total. The minimum atomic E-state index is -4.17. The molecule has 32 heavy (non-hydrogen) atoms. The molecule has 0 fully saturated rings. The first kappa shape index (κ1) is 22.8. The number of para-hydroxylation sites is 2. The van der Waals surface area contributed by atoms with Gasteiger partial charge in [-0.3, -0.25) is 0 Å². The molecule has 0 spiro atoms. The van der Waals surface area contributed by atoms with Crippen LogP contribution in [0.1, 0.15) is 5.56 Å². The molecule has 0 bridgehead atoms. The van der Waals surface area contributed by atoms with Crippen molar-refractivity contribution in [3.05, 3.63) is 89.8 Å². The molecule has 1 aliphatic rings. The zero-order valence-corrected chi connectivity index (χ0v) is 18.5. The molecular formula is C23H21NO7S. The van der Waals surface area contributed by atoms with Crippen molar-refractivity contribution in [2.24, 2.45) is 0 Å². The summed E-state index contributed by atoms with van der Waals surface area (Å²) < 4.78 is 40.8. The van der Waals surface area contributed by atoms with Gasteiger partial charge in [0.15, 0.2) is 5.75 Å². The standard InChI is InChI=1S/C23H21NO7S/c1-16-11-13-17(14-12-16)32(27,28)31-20-10-5-4-9-19(20)24-15-7-6-8-18(22(25)29-2)21(24)23(26)30-3/h4-15H,1-3H3. The zero-order chi connectivity index (χ0) is 23.3. The van der Waals surface area contributed by atoms with Gasteiger partial charge in [-0.15, -0.1) is 0 Å². The Balaban J connectivity index is 2.12. The van der Waals surface area contributed by atoms with Crippen LogP contribution in [0.4, 0.5) is 5.69 Å². The third-order valence-electron chi connectivity index (χ3n) is 4.52. The topological polar surface area (TPSA) is 99.2 Å². The number of allylic oxidation sites excluding steroid dienone is 2. The number of nitrogens with zero attached hydrogens (tertiary/aromatic N) is 1. The smallest absolute Gasteiger partial charge is 0.355 e. The lowest BCUT2D eigenvalue weighted by molar-refractivity contribution is -0.139. The summed E-state index contributed by atoms with van der Waals surface area (Å²) in [5.41, 5.74) is 0.869. The third kappa shape index (κ3) is 4.73. The molecule has 166 valence electrons. The number of methoxy groups -OCH3 is 2. The minimum Gasteiger partial charge on any atom is -0.465 e. The van der Waals surface area contributed by atoms with Gasteiger partial charge in [-0.1, -0.05) is 35.9 Å². The Morgan fingerprint density at radius 2 is 1.53 bits per heavy atom. The first-order valence-electron chi connectivity index (χ1n) is 9.43. The number of benzene rings is 2. The van der Waals surface area contributed by atoms with Crippen LogP contribution >= 0.6 is 0 Å². The average molecular weight is 455 g/mol. The van der Waals surface area contributed by atoms with E-state index >= 15 is 0 Å². The van der Waals surface area contributed by atoms with Crippen molar-refractivity contribution in [1.82, 2.24) is 0 Å². The van der Waals surface area contributed by atoms with Gasteiger partial charge >= 0.3 is 22.1 Å². The maximum Gasteiger partial charge on any atom is 0.355 e. The number of ether oxygens (including phenoxy) is 2. The second kappa shape index (κ2) is 9.52. The van der Waals surface area contributed by atoms with Gasteiger partial charge in [0.1, 0.15) is 10.6 Å². The second-order valence-corrected chi connectivity index (χ2v) is 8.18. The fourth-order valence-electron chi connectivity index (χ4n) is 2.95. The largest absolute Gasteiger partial charge is 0.465 e. The van der Waals surface area contributed by atoms with E-state index in [1.54, 1.807) is 42.5 Å². The van der Waals surface area contributed by atoms with Gasteiger partial charge in [0, 0.05) is 6.20 Å². The van der Waals surface area contributed by atoms with Crippen LogP contribution < -0.4 is 9.08 Å². The summed E-state index contributed by atoms with van der Waals surface area (Å²) >= 11 is 0. The molecule has 0 radical (unpaired) electrons. The highest BCUT2D eigenvalue weighted by molar-refractivity contribution is 7.87. The van der Waals surface area contributed by atoms with Crippen LogP contribution in [0.15, 0.2) is 89.1 Å². The number of rotatable bonds is 6. The van der Waals surface area contributed by atoms with E-state index in [2.05, 4.69) is 0 Å². The van der Waals surface area contributed by atoms with E-state index in [-0.39, 0.29) is 27.6 Å². The van der Waals surface area contributed by atoms with Crippen molar-refractivity contribution >= 4 is 27.7 Å². The molecule has 1 heterocycles. The van der Waals surface area contributed by atoms with Crippen LogP contribution in [0.25, 0.3) is 0 Å².